The molecular formula is C20H30N2O2. The van der Waals surface area contributed by atoms with E-state index < -0.39 is 0 Å². The lowest BCUT2D eigenvalue weighted by atomic mass is 9.82. The van der Waals surface area contributed by atoms with E-state index in [0.717, 1.165) is 37.7 Å². The molecule has 0 aromatic heterocycles. The van der Waals surface area contributed by atoms with Gasteiger partial charge in [0.1, 0.15) is 6.61 Å². The van der Waals surface area contributed by atoms with Crippen LogP contribution in [-0.4, -0.2) is 48.6 Å². The Morgan fingerprint density at radius 2 is 1.79 bits per heavy atom. The standard InChI is InChI=1S/C20H30N2O2/c23-20(24-17-19-8-2-1-3-9-19)22-15-13-21(14-16-22)12-5-4-7-18-10-6-11-18/h1-3,8-9,18H,4-7,10-17H2. The number of piperazine rings is 1. The first kappa shape index (κ1) is 17.3. The average Bonchev–Trinajstić information content (AvgIpc) is 2.59. The van der Waals surface area contributed by atoms with Crippen molar-refractivity contribution in [2.24, 2.45) is 5.92 Å². The highest BCUT2D eigenvalue weighted by molar-refractivity contribution is 5.67. The highest BCUT2D eigenvalue weighted by atomic mass is 16.6. The predicted octanol–water partition coefficient (Wildman–Crippen LogP) is 3.91. The van der Waals surface area contributed by atoms with Crippen molar-refractivity contribution in [1.29, 1.82) is 0 Å². The van der Waals surface area contributed by atoms with Crippen LogP contribution in [0.5, 0.6) is 0 Å². The molecule has 2 aliphatic rings. The molecule has 4 nitrogen and oxygen atoms in total. The van der Waals surface area contributed by atoms with Crippen LogP contribution in [0, 0.1) is 5.92 Å². The highest BCUT2D eigenvalue weighted by Gasteiger charge is 2.22. The number of nitrogens with zero attached hydrogens (tertiary/aromatic N) is 2. The van der Waals surface area contributed by atoms with Gasteiger partial charge in [-0.15, -0.1) is 0 Å². The minimum Gasteiger partial charge on any atom is -0.445 e. The van der Waals surface area contributed by atoms with Gasteiger partial charge in [0.05, 0.1) is 0 Å². The van der Waals surface area contributed by atoms with Crippen LogP contribution < -0.4 is 0 Å². The molecule has 3 rings (SSSR count). The van der Waals surface area contributed by atoms with Crippen molar-refractivity contribution < 1.29 is 9.53 Å². The van der Waals surface area contributed by atoms with E-state index in [4.69, 9.17) is 4.74 Å². The van der Waals surface area contributed by atoms with Gasteiger partial charge in [0.15, 0.2) is 0 Å². The summed E-state index contributed by atoms with van der Waals surface area (Å²) in [5.41, 5.74) is 1.04. The van der Waals surface area contributed by atoms with Crippen LogP contribution in [0.3, 0.4) is 0 Å². The largest absolute Gasteiger partial charge is 0.445 e. The summed E-state index contributed by atoms with van der Waals surface area (Å²) in [6.07, 6.45) is 8.29. The molecule has 0 spiro atoms. The van der Waals surface area contributed by atoms with Crippen molar-refractivity contribution in [3.05, 3.63) is 35.9 Å². The molecule has 0 bridgehead atoms. The van der Waals surface area contributed by atoms with Crippen molar-refractivity contribution in [3.63, 3.8) is 0 Å². The van der Waals surface area contributed by atoms with E-state index in [1.807, 2.05) is 35.2 Å². The van der Waals surface area contributed by atoms with E-state index in [1.54, 1.807) is 0 Å². The molecule has 1 saturated carbocycles. The molecule has 1 aliphatic carbocycles. The number of hydrogen-bond acceptors (Lipinski definition) is 3. The van der Waals surface area contributed by atoms with Gasteiger partial charge in [-0.1, -0.05) is 62.4 Å². The van der Waals surface area contributed by atoms with Gasteiger partial charge in [-0.2, -0.15) is 0 Å². The Bertz CT molecular complexity index is 494. The molecule has 0 N–H and O–H groups in total. The van der Waals surface area contributed by atoms with Crippen LogP contribution in [0.1, 0.15) is 44.1 Å². The summed E-state index contributed by atoms with van der Waals surface area (Å²) in [6, 6.07) is 9.86. The number of rotatable bonds is 7. The van der Waals surface area contributed by atoms with E-state index in [9.17, 15) is 4.79 Å². The van der Waals surface area contributed by atoms with Crippen LogP contribution in [-0.2, 0) is 11.3 Å². The molecule has 0 unspecified atom stereocenters. The molecule has 0 atom stereocenters. The first-order valence-corrected chi connectivity index (χ1v) is 9.49. The summed E-state index contributed by atoms with van der Waals surface area (Å²) in [5.74, 6) is 1.03. The quantitative estimate of drug-likeness (QED) is 0.711. The maximum atomic E-state index is 12.1. The lowest BCUT2D eigenvalue weighted by molar-refractivity contribution is 0.0711. The zero-order valence-corrected chi connectivity index (χ0v) is 14.7. The number of amides is 1. The maximum absolute atomic E-state index is 12.1. The van der Waals surface area contributed by atoms with Crippen LogP contribution in [0.25, 0.3) is 0 Å². The normalized spacial score (nSPS) is 19.1. The summed E-state index contributed by atoms with van der Waals surface area (Å²) in [5, 5.41) is 0. The number of ether oxygens (including phenoxy) is 1. The fourth-order valence-corrected chi connectivity index (χ4v) is 3.51. The van der Waals surface area contributed by atoms with E-state index in [0.29, 0.717) is 6.61 Å². The Morgan fingerprint density at radius 3 is 2.46 bits per heavy atom. The second kappa shape index (κ2) is 9.07. The number of carbonyl (C=O) groups is 1. The molecule has 24 heavy (non-hydrogen) atoms. The number of benzene rings is 1. The van der Waals surface area contributed by atoms with E-state index >= 15 is 0 Å². The topological polar surface area (TPSA) is 32.8 Å². The first-order chi connectivity index (χ1) is 11.8. The number of unbranched alkanes of at least 4 members (excludes halogenated alkanes) is 1. The molecule has 1 saturated heterocycles. The minimum absolute atomic E-state index is 0.177. The van der Waals surface area contributed by atoms with Crippen molar-refractivity contribution in [2.75, 3.05) is 32.7 Å². The third-order valence-corrected chi connectivity index (χ3v) is 5.40. The molecular weight excluding hydrogens is 300 g/mol. The Labute approximate surface area is 145 Å². The molecule has 2 fully saturated rings. The minimum atomic E-state index is -0.177. The molecule has 1 amide bonds. The Morgan fingerprint density at radius 1 is 1.04 bits per heavy atom. The van der Waals surface area contributed by atoms with Gasteiger partial charge in [0.25, 0.3) is 0 Å². The van der Waals surface area contributed by atoms with E-state index in [2.05, 4.69) is 4.90 Å². The lowest BCUT2D eigenvalue weighted by Crippen LogP contribution is -2.48. The molecule has 1 heterocycles. The van der Waals surface area contributed by atoms with E-state index in [1.165, 1.54) is 45.1 Å². The SMILES string of the molecule is O=C(OCc1ccccc1)N1CCN(CCCCC2CCC2)CC1. The van der Waals surface area contributed by atoms with Gasteiger partial charge in [-0.3, -0.25) is 4.90 Å². The van der Waals surface area contributed by atoms with Crippen molar-refractivity contribution in [3.8, 4) is 0 Å². The van der Waals surface area contributed by atoms with Crippen LogP contribution in [0.15, 0.2) is 30.3 Å². The van der Waals surface area contributed by atoms with Gasteiger partial charge in [-0.05, 0) is 24.4 Å². The second-order valence-corrected chi connectivity index (χ2v) is 7.16. The van der Waals surface area contributed by atoms with E-state index in [-0.39, 0.29) is 6.09 Å². The summed E-state index contributed by atoms with van der Waals surface area (Å²) in [7, 11) is 0. The van der Waals surface area contributed by atoms with Gasteiger partial charge in [0, 0.05) is 26.2 Å². The van der Waals surface area contributed by atoms with Crippen LogP contribution in [0.4, 0.5) is 4.79 Å². The second-order valence-electron chi connectivity index (χ2n) is 7.16. The molecule has 1 aromatic carbocycles. The number of carbonyl (C=O) groups excluding carboxylic acids is 1. The summed E-state index contributed by atoms with van der Waals surface area (Å²) >= 11 is 0. The fraction of sp³-hybridized carbons (Fsp3) is 0.650. The third kappa shape index (κ3) is 5.23. The maximum Gasteiger partial charge on any atom is 0.410 e. The van der Waals surface area contributed by atoms with Crippen LogP contribution >= 0.6 is 0 Å². The van der Waals surface area contributed by atoms with Crippen LogP contribution in [0.2, 0.25) is 0 Å². The van der Waals surface area contributed by atoms with Gasteiger partial charge < -0.3 is 9.64 Å². The first-order valence-electron chi connectivity index (χ1n) is 9.49. The lowest BCUT2D eigenvalue weighted by Gasteiger charge is -2.34. The molecule has 1 aliphatic heterocycles. The van der Waals surface area contributed by atoms with Crippen molar-refractivity contribution in [2.45, 2.75) is 45.1 Å². The Hall–Kier alpha value is -1.55. The fourth-order valence-electron chi connectivity index (χ4n) is 3.51. The third-order valence-electron chi connectivity index (χ3n) is 5.40. The van der Waals surface area contributed by atoms with Crippen molar-refractivity contribution >= 4 is 6.09 Å². The van der Waals surface area contributed by atoms with Gasteiger partial charge in [0.2, 0.25) is 0 Å². The molecule has 4 heteroatoms. The van der Waals surface area contributed by atoms with Crippen molar-refractivity contribution in [1.82, 2.24) is 9.80 Å². The zero-order valence-electron chi connectivity index (χ0n) is 14.7. The smallest absolute Gasteiger partial charge is 0.410 e. The molecule has 132 valence electrons. The monoisotopic (exact) mass is 330 g/mol. The van der Waals surface area contributed by atoms with Gasteiger partial charge >= 0.3 is 6.09 Å². The Balaban J connectivity index is 1.27. The molecule has 0 radical (unpaired) electrons. The summed E-state index contributed by atoms with van der Waals surface area (Å²) < 4.78 is 5.41. The Kier molecular flexibility index (Phi) is 6.53. The summed E-state index contributed by atoms with van der Waals surface area (Å²) in [6.45, 7) is 5.07. The highest BCUT2D eigenvalue weighted by Crippen LogP contribution is 2.30. The molecule has 1 aromatic rings. The summed E-state index contributed by atoms with van der Waals surface area (Å²) in [4.78, 5) is 16.5. The average molecular weight is 330 g/mol. The zero-order chi connectivity index (χ0) is 16.6. The number of hydrogen-bond donors (Lipinski definition) is 0. The van der Waals surface area contributed by atoms with Gasteiger partial charge in [-0.25, -0.2) is 4.79 Å². The predicted molar refractivity (Wildman–Crippen MR) is 95.8 cm³/mol.